The van der Waals surface area contributed by atoms with Crippen LogP contribution >= 0.6 is 0 Å². The summed E-state index contributed by atoms with van der Waals surface area (Å²) in [6, 6.07) is 20.7. The van der Waals surface area contributed by atoms with Crippen LogP contribution in [-0.4, -0.2) is 36.1 Å². The Bertz CT molecular complexity index is 995. The molecule has 1 amide bonds. The fraction of sp³-hybridized carbons (Fsp3) is 0.320. The lowest BCUT2D eigenvalue weighted by Gasteiger charge is -2.34. The Morgan fingerprint density at radius 2 is 1.68 bits per heavy atom. The van der Waals surface area contributed by atoms with E-state index in [0.717, 1.165) is 16.3 Å². The molecule has 0 spiro atoms. The highest BCUT2D eigenvalue weighted by atomic mass is 16.6. The highest BCUT2D eigenvalue weighted by Crippen LogP contribution is 2.40. The lowest BCUT2D eigenvalue weighted by Crippen LogP contribution is -2.29. The van der Waals surface area contributed by atoms with Gasteiger partial charge in [0.1, 0.15) is 18.5 Å². The quantitative estimate of drug-likeness (QED) is 0.455. The number of carbonyl (C=O) groups excluding carboxylic acids is 1. The predicted molar refractivity (Wildman–Crippen MR) is 121 cm³/mol. The van der Waals surface area contributed by atoms with Crippen molar-refractivity contribution >= 4 is 22.6 Å². The summed E-state index contributed by atoms with van der Waals surface area (Å²) in [5, 5.41) is 23.3. The number of amides is 1. The van der Waals surface area contributed by atoms with E-state index in [1.807, 2.05) is 68.4 Å². The number of carbonyl (C=O) groups is 1. The molecule has 0 saturated heterocycles. The van der Waals surface area contributed by atoms with Crippen molar-refractivity contribution < 1.29 is 24.5 Å². The average Bonchev–Trinajstić information content (AvgIpc) is 2.77. The minimum absolute atomic E-state index is 0.0184. The Morgan fingerprint density at radius 1 is 0.968 bits per heavy atom. The zero-order chi connectivity index (χ0) is 22.3. The normalized spacial score (nSPS) is 12.4. The second kappa shape index (κ2) is 10.3. The molecule has 0 aliphatic heterocycles. The first-order valence-corrected chi connectivity index (χ1v) is 10.3. The van der Waals surface area contributed by atoms with Gasteiger partial charge in [-0.15, -0.1) is 0 Å². The van der Waals surface area contributed by atoms with Gasteiger partial charge < -0.3 is 19.7 Å². The standard InChI is InChI=1S/C25H29NO5/c1-25(2,14-15-27)23(19-10-12-20(13-11-19)30-17-16-28)31-24(29)26-22-9-5-7-18-6-3-4-8-21(18)22/h3-13,23,27-28H,14-17H2,1-2H3,(H,26,29)/t23-/m0/s1. The molecule has 0 heterocycles. The van der Waals surface area contributed by atoms with E-state index in [1.165, 1.54) is 0 Å². The van der Waals surface area contributed by atoms with Crippen LogP contribution in [0.1, 0.15) is 31.9 Å². The minimum Gasteiger partial charge on any atom is -0.491 e. The third-order valence-corrected chi connectivity index (χ3v) is 5.26. The summed E-state index contributed by atoms with van der Waals surface area (Å²) in [6.07, 6.45) is -0.684. The van der Waals surface area contributed by atoms with Crippen molar-refractivity contribution in [2.24, 2.45) is 5.41 Å². The van der Waals surface area contributed by atoms with Crippen LogP contribution in [0.5, 0.6) is 5.75 Å². The molecule has 6 heteroatoms. The first-order chi connectivity index (χ1) is 14.9. The Kier molecular flexibility index (Phi) is 7.50. The molecule has 164 valence electrons. The van der Waals surface area contributed by atoms with Crippen LogP contribution in [-0.2, 0) is 4.74 Å². The smallest absolute Gasteiger partial charge is 0.412 e. The van der Waals surface area contributed by atoms with Crippen molar-refractivity contribution in [2.45, 2.75) is 26.4 Å². The maximum absolute atomic E-state index is 12.9. The number of ether oxygens (including phenoxy) is 2. The fourth-order valence-electron chi connectivity index (χ4n) is 3.58. The lowest BCUT2D eigenvalue weighted by molar-refractivity contribution is 0.0152. The van der Waals surface area contributed by atoms with Gasteiger partial charge >= 0.3 is 6.09 Å². The Balaban J connectivity index is 1.82. The van der Waals surface area contributed by atoms with Gasteiger partial charge in [0.15, 0.2) is 0 Å². The number of hydrogen-bond acceptors (Lipinski definition) is 5. The fourth-order valence-corrected chi connectivity index (χ4v) is 3.58. The molecule has 3 aromatic rings. The first kappa shape index (κ1) is 22.6. The van der Waals surface area contributed by atoms with Gasteiger partial charge in [0, 0.05) is 17.4 Å². The molecule has 6 nitrogen and oxygen atoms in total. The SMILES string of the molecule is CC(C)(CCO)[C@@H](OC(=O)Nc1cccc2ccccc12)c1ccc(OCCO)cc1. The van der Waals surface area contributed by atoms with E-state index in [2.05, 4.69) is 5.32 Å². The van der Waals surface area contributed by atoms with E-state index in [0.29, 0.717) is 17.9 Å². The van der Waals surface area contributed by atoms with Gasteiger partial charge in [0.05, 0.1) is 12.3 Å². The van der Waals surface area contributed by atoms with Crippen LogP contribution in [0.4, 0.5) is 10.5 Å². The maximum Gasteiger partial charge on any atom is 0.412 e. The number of hydrogen-bond donors (Lipinski definition) is 3. The third-order valence-electron chi connectivity index (χ3n) is 5.26. The summed E-state index contributed by atoms with van der Waals surface area (Å²) in [4.78, 5) is 12.9. The van der Waals surface area contributed by atoms with E-state index in [-0.39, 0.29) is 19.8 Å². The predicted octanol–water partition coefficient (Wildman–Crippen LogP) is 4.91. The molecule has 0 saturated carbocycles. The van der Waals surface area contributed by atoms with E-state index in [1.54, 1.807) is 12.1 Å². The molecule has 0 unspecified atom stereocenters. The van der Waals surface area contributed by atoms with Crippen molar-refractivity contribution in [1.29, 1.82) is 0 Å². The number of aliphatic hydroxyl groups is 2. The third kappa shape index (κ3) is 5.75. The van der Waals surface area contributed by atoms with Gasteiger partial charge in [0.2, 0.25) is 0 Å². The molecule has 3 N–H and O–H groups in total. The van der Waals surface area contributed by atoms with Crippen molar-refractivity contribution in [3.63, 3.8) is 0 Å². The molecular formula is C25H29NO5. The molecular weight excluding hydrogens is 394 g/mol. The average molecular weight is 424 g/mol. The van der Waals surface area contributed by atoms with Crippen molar-refractivity contribution in [2.75, 3.05) is 25.1 Å². The molecule has 3 aromatic carbocycles. The van der Waals surface area contributed by atoms with E-state index in [9.17, 15) is 9.90 Å². The number of rotatable bonds is 9. The molecule has 0 aliphatic rings. The van der Waals surface area contributed by atoms with Crippen LogP contribution in [0.2, 0.25) is 0 Å². The Labute approximate surface area is 182 Å². The van der Waals surface area contributed by atoms with Crippen LogP contribution in [0.25, 0.3) is 10.8 Å². The van der Waals surface area contributed by atoms with Gasteiger partial charge in [0.25, 0.3) is 0 Å². The van der Waals surface area contributed by atoms with Gasteiger partial charge in [-0.05, 0) is 35.6 Å². The molecule has 0 aromatic heterocycles. The summed E-state index contributed by atoms with van der Waals surface area (Å²) in [5.41, 5.74) is 0.968. The van der Waals surface area contributed by atoms with Crippen LogP contribution in [0, 0.1) is 5.41 Å². The number of nitrogens with one attached hydrogen (secondary N) is 1. The molecule has 31 heavy (non-hydrogen) atoms. The van der Waals surface area contributed by atoms with Crippen LogP contribution in [0.15, 0.2) is 66.7 Å². The Morgan fingerprint density at radius 3 is 2.39 bits per heavy atom. The maximum atomic E-state index is 12.9. The summed E-state index contributed by atoms with van der Waals surface area (Å²) < 4.78 is 11.3. The van der Waals surface area contributed by atoms with Gasteiger partial charge in [-0.3, -0.25) is 5.32 Å². The highest BCUT2D eigenvalue weighted by molar-refractivity contribution is 6.00. The van der Waals surface area contributed by atoms with Gasteiger partial charge in [-0.1, -0.05) is 62.4 Å². The zero-order valence-electron chi connectivity index (χ0n) is 17.9. The molecule has 1 atom stereocenters. The van der Waals surface area contributed by atoms with Crippen molar-refractivity contribution in [3.8, 4) is 5.75 Å². The van der Waals surface area contributed by atoms with Gasteiger partial charge in [-0.2, -0.15) is 0 Å². The number of anilines is 1. The van der Waals surface area contributed by atoms with Crippen LogP contribution < -0.4 is 10.1 Å². The number of aliphatic hydroxyl groups excluding tert-OH is 2. The minimum atomic E-state index is -0.582. The molecule has 0 aliphatic carbocycles. The topological polar surface area (TPSA) is 88.0 Å². The molecule has 0 bridgehead atoms. The number of benzene rings is 3. The van der Waals surface area contributed by atoms with E-state index in [4.69, 9.17) is 14.6 Å². The van der Waals surface area contributed by atoms with E-state index >= 15 is 0 Å². The summed E-state index contributed by atoms with van der Waals surface area (Å²) in [6.45, 7) is 4.04. The Hall–Kier alpha value is -3.09. The molecule has 3 rings (SSSR count). The summed E-state index contributed by atoms with van der Waals surface area (Å²) in [7, 11) is 0. The molecule has 0 fully saturated rings. The zero-order valence-corrected chi connectivity index (χ0v) is 17.9. The second-order valence-electron chi connectivity index (χ2n) is 8.04. The van der Waals surface area contributed by atoms with E-state index < -0.39 is 17.6 Å². The molecule has 0 radical (unpaired) electrons. The highest BCUT2D eigenvalue weighted by Gasteiger charge is 2.34. The van der Waals surface area contributed by atoms with Gasteiger partial charge in [-0.25, -0.2) is 4.79 Å². The second-order valence-corrected chi connectivity index (χ2v) is 8.04. The number of fused-ring (bicyclic) bond motifs is 1. The van der Waals surface area contributed by atoms with Crippen molar-refractivity contribution in [3.05, 3.63) is 72.3 Å². The first-order valence-electron chi connectivity index (χ1n) is 10.3. The lowest BCUT2D eigenvalue weighted by atomic mass is 9.80. The largest absolute Gasteiger partial charge is 0.491 e. The van der Waals surface area contributed by atoms with Crippen LogP contribution in [0.3, 0.4) is 0 Å². The van der Waals surface area contributed by atoms with Crippen molar-refractivity contribution in [1.82, 2.24) is 0 Å². The summed E-state index contributed by atoms with van der Waals surface area (Å²) in [5.74, 6) is 0.622. The monoisotopic (exact) mass is 423 g/mol. The summed E-state index contributed by atoms with van der Waals surface area (Å²) >= 11 is 0.